The summed E-state index contributed by atoms with van der Waals surface area (Å²) in [5, 5.41) is 10.2. The average molecular weight is 398 g/mol. The van der Waals surface area contributed by atoms with E-state index in [-0.39, 0.29) is 5.56 Å². The Bertz CT molecular complexity index is 1090. The van der Waals surface area contributed by atoms with E-state index in [1.807, 2.05) is 32.9 Å². The molecule has 0 N–H and O–H groups in total. The molecule has 3 rings (SSSR count). The lowest BCUT2D eigenvalue weighted by atomic mass is 10.1. The maximum Gasteiger partial charge on any atom is 0.267 e. The van der Waals surface area contributed by atoms with Crippen LogP contribution in [0.2, 0.25) is 0 Å². The molecule has 140 valence electrons. The molecule has 0 unspecified atom stereocenters. The van der Waals surface area contributed by atoms with Crippen LogP contribution in [0.4, 0.5) is 0 Å². The lowest BCUT2D eigenvalue weighted by Gasteiger charge is -2.15. The van der Waals surface area contributed by atoms with E-state index in [0.29, 0.717) is 6.42 Å². The Morgan fingerprint density at radius 2 is 1.96 bits per heavy atom. The maximum atomic E-state index is 13.5. The highest BCUT2D eigenvalue weighted by atomic mass is 32.2. The van der Waals surface area contributed by atoms with Gasteiger partial charge >= 0.3 is 0 Å². The van der Waals surface area contributed by atoms with E-state index < -0.39 is 0 Å². The van der Waals surface area contributed by atoms with Crippen LogP contribution in [0.3, 0.4) is 0 Å². The molecule has 1 aromatic carbocycles. The Kier molecular flexibility index (Phi) is 6.03. The topological polar surface area (TPSA) is 58.7 Å². The number of nitriles is 1. The van der Waals surface area contributed by atoms with Gasteiger partial charge in [-0.05, 0) is 63.3 Å². The molecule has 2 aromatic heterocycles. The van der Waals surface area contributed by atoms with Crippen molar-refractivity contribution in [2.75, 3.05) is 5.75 Å². The van der Waals surface area contributed by atoms with Crippen LogP contribution >= 0.6 is 23.1 Å². The van der Waals surface area contributed by atoms with Crippen molar-refractivity contribution in [2.45, 2.75) is 52.1 Å². The third-order valence-electron chi connectivity index (χ3n) is 4.90. The number of aryl methyl sites for hydroxylation is 3. The van der Waals surface area contributed by atoms with Gasteiger partial charge in [0.1, 0.15) is 4.83 Å². The summed E-state index contributed by atoms with van der Waals surface area (Å²) in [6.07, 6.45) is 2.37. The molecule has 0 amide bonds. The van der Waals surface area contributed by atoms with Crippen molar-refractivity contribution in [2.24, 2.45) is 0 Å². The van der Waals surface area contributed by atoms with Gasteiger partial charge in [-0.15, -0.1) is 11.3 Å². The molecule has 27 heavy (non-hydrogen) atoms. The molecule has 0 fully saturated rings. The number of aromatic nitrogens is 2. The first kappa shape index (κ1) is 19.7. The number of benzene rings is 1. The Balaban J connectivity index is 2.16. The van der Waals surface area contributed by atoms with Gasteiger partial charge in [-0.1, -0.05) is 23.9 Å². The Labute approximate surface area is 167 Å². The normalized spacial score (nSPS) is 11.1. The highest BCUT2D eigenvalue weighted by molar-refractivity contribution is 7.99. The van der Waals surface area contributed by atoms with Gasteiger partial charge in [0.15, 0.2) is 5.16 Å². The standard InChI is InChI=1S/C21H23N3OS2/c1-13-9-8-10-17(14(13)2)24-20(25)18-15(3)16(4)27-19(18)23-21(24)26-12-7-5-6-11-22/h8-10H,5-7,12H2,1-4H3. The first-order valence-corrected chi connectivity index (χ1v) is 10.8. The molecule has 0 aliphatic heterocycles. The summed E-state index contributed by atoms with van der Waals surface area (Å²) in [6, 6.07) is 8.22. The number of thioether (sulfide) groups is 1. The highest BCUT2D eigenvalue weighted by Crippen LogP contribution is 2.30. The van der Waals surface area contributed by atoms with E-state index in [0.717, 1.165) is 61.2 Å². The molecule has 4 nitrogen and oxygen atoms in total. The van der Waals surface area contributed by atoms with Crippen LogP contribution in [0.1, 0.15) is 40.8 Å². The zero-order valence-electron chi connectivity index (χ0n) is 16.1. The molecule has 0 spiro atoms. The van der Waals surface area contributed by atoms with Crippen LogP contribution in [0.25, 0.3) is 15.9 Å². The number of rotatable bonds is 6. The zero-order valence-corrected chi connectivity index (χ0v) is 17.8. The number of hydrogen-bond donors (Lipinski definition) is 0. The Morgan fingerprint density at radius 3 is 2.70 bits per heavy atom. The van der Waals surface area contributed by atoms with Gasteiger partial charge in [0.05, 0.1) is 17.1 Å². The van der Waals surface area contributed by atoms with Crippen molar-refractivity contribution in [3.05, 3.63) is 50.1 Å². The Morgan fingerprint density at radius 1 is 1.19 bits per heavy atom. The van der Waals surface area contributed by atoms with Crippen molar-refractivity contribution >= 4 is 33.3 Å². The molecular weight excluding hydrogens is 374 g/mol. The second kappa shape index (κ2) is 8.28. The lowest BCUT2D eigenvalue weighted by molar-refractivity contribution is 0.801. The third-order valence-corrected chi connectivity index (χ3v) is 7.03. The van der Waals surface area contributed by atoms with Crippen molar-refractivity contribution < 1.29 is 0 Å². The first-order chi connectivity index (χ1) is 13.0. The van der Waals surface area contributed by atoms with Crippen molar-refractivity contribution in [3.8, 4) is 11.8 Å². The van der Waals surface area contributed by atoms with Gasteiger partial charge < -0.3 is 0 Å². The number of nitrogens with zero attached hydrogens (tertiary/aromatic N) is 3. The molecule has 0 saturated carbocycles. The fourth-order valence-electron chi connectivity index (χ4n) is 3.03. The van der Waals surface area contributed by atoms with E-state index in [1.54, 1.807) is 27.7 Å². The molecular formula is C21H23N3OS2. The van der Waals surface area contributed by atoms with Crippen LogP contribution < -0.4 is 5.56 Å². The minimum absolute atomic E-state index is 0.00933. The van der Waals surface area contributed by atoms with Gasteiger partial charge in [-0.2, -0.15) is 5.26 Å². The van der Waals surface area contributed by atoms with E-state index in [9.17, 15) is 4.79 Å². The number of thiophene rings is 1. The summed E-state index contributed by atoms with van der Waals surface area (Å²) in [6.45, 7) is 8.15. The number of hydrogen-bond acceptors (Lipinski definition) is 5. The summed E-state index contributed by atoms with van der Waals surface area (Å²) in [7, 11) is 0. The summed E-state index contributed by atoms with van der Waals surface area (Å²) in [5.41, 5.74) is 4.18. The van der Waals surface area contributed by atoms with Gasteiger partial charge in [0, 0.05) is 17.1 Å². The first-order valence-electron chi connectivity index (χ1n) is 9.04. The van der Waals surface area contributed by atoms with Gasteiger partial charge in [-0.3, -0.25) is 9.36 Å². The third kappa shape index (κ3) is 3.80. The van der Waals surface area contributed by atoms with E-state index in [4.69, 9.17) is 10.2 Å². The summed E-state index contributed by atoms with van der Waals surface area (Å²) < 4.78 is 1.78. The van der Waals surface area contributed by atoms with Crippen molar-refractivity contribution in [1.29, 1.82) is 5.26 Å². The van der Waals surface area contributed by atoms with Crippen LogP contribution in [0, 0.1) is 39.0 Å². The quantitative estimate of drug-likeness (QED) is 0.314. The number of fused-ring (bicyclic) bond motifs is 1. The van der Waals surface area contributed by atoms with E-state index >= 15 is 0 Å². The Hall–Kier alpha value is -2.10. The summed E-state index contributed by atoms with van der Waals surface area (Å²) in [4.78, 5) is 20.3. The minimum Gasteiger partial charge on any atom is -0.268 e. The molecule has 0 saturated heterocycles. The predicted molar refractivity (Wildman–Crippen MR) is 114 cm³/mol. The fraction of sp³-hybridized carbons (Fsp3) is 0.381. The van der Waals surface area contributed by atoms with Crippen LogP contribution in [-0.2, 0) is 0 Å². The largest absolute Gasteiger partial charge is 0.268 e. The molecule has 6 heteroatoms. The molecule has 0 aliphatic carbocycles. The van der Waals surface area contributed by atoms with Crippen molar-refractivity contribution in [3.63, 3.8) is 0 Å². The molecule has 0 radical (unpaired) electrons. The molecule has 2 heterocycles. The number of unbranched alkanes of at least 4 members (excludes halogenated alkanes) is 2. The summed E-state index contributed by atoms with van der Waals surface area (Å²) in [5.74, 6) is 0.841. The maximum absolute atomic E-state index is 13.5. The predicted octanol–water partition coefficient (Wildman–Crippen LogP) is 5.47. The second-order valence-electron chi connectivity index (χ2n) is 6.68. The SMILES string of the molecule is Cc1cccc(-n2c(SCCCCC#N)nc3sc(C)c(C)c3c2=O)c1C. The lowest BCUT2D eigenvalue weighted by Crippen LogP contribution is -2.22. The monoisotopic (exact) mass is 397 g/mol. The van der Waals surface area contributed by atoms with Gasteiger partial charge in [-0.25, -0.2) is 4.98 Å². The van der Waals surface area contributed by atoms with Crippen LogP contribution in [0.15, 0.2) is 28.2 Å². The zero-order chi connectivity index (χ0) is 19.6. The molecule has 0 atom stereocenters. The smallest absolute Gasteiger partial charge is 0.267 e. The molecule has 0 aliphatic rings. The average Bonchev–Trinajstić information content (AvgIpc) is 2.92. The second-order valence-corrected chi connectivity index (χ2v) is 8.95. The summed E-state index contributed by atoms with van der Waals surface area (Å²) >= 11 is 3.18. The molecule has 0 bridgehead atoms. The minimum atomic E-state index is 0.00933. The van der Waals surface area contributed by atoms with E-state index in [1.165, 1.54) is 0 Å². The van der Waals surface area contributed by atoms with E-state index in [2.05, 4.69) is 19.1 Å². The van der Waals surface area contributed by atoms with Gasteiger partial charge in [0.2, 0.25) is 0 Å². The molecule has 3 aromatic rings. The van der Waals surface area contributed by atoms with Crippen molar-refractivity contribution in [1.82, 2.24) is 9.55 Å². The van der Waals surface area contributed by atoms with Gasteiger partial charge in [0.25, 0.3) is 5.56 Å². The van der Waals surface area contributed by atoms with Crippen LogP contribution in [-0.4, -0.2) is 15.3 Å². The highest BCUT2D eigenvalue weighted by Gasteiger charge is 2.19. The van der Waals surface area contributed by atoms with Crippen LogP contribution in [0.5, 0.6) is 0 Å². The fourth-order valence-corrected chi connectivity index (χ4v) is 5.11.